The number of aliphatic hydroxyl groups excluding tert-OH is 1. The largest absolute Gasteiger partial charge is 0.481 e. The minimum atomic E-state index is -0.808. The number of benzene rings is 1. The fourth-order valence-corrected chi connectivity index (χ4v) is 2.39. The average Bonchev–Trinajstić information content (AvgIpc) is 2.44. The van der Waals surface area contributed by atoms with Crippen LogP contribution in [0.15, 0.2) is 18.2 Å². The summed E-state index contributed by atoms with van der Waals surface area (Å²) in [5, 5.41) is 21.5. The second-order valence-electron chi connectivity index (χ2n) is 5.36. The number of carbonyl (C=O) groups is 2. The van der Waals surface area contributed by atoms with Crippen molar-refractivity contribution in [1.82, 2.24) is 4.90 Å². The Morgan fingerprint density at radius 2 is 2.19 bits per heavy atom. The van der Waals surface area contributed by atoms with Gasteiger partial charge in [-0.15, -0.1) is 0 Å². The predicted molar refractivity (Wildman–Crippen MR) is 78.0 cm³/mol. The van der Waals surface area contributed by atoms with Crippen LogP contribution < -0.4 is 5.32 Å². The smallest absolute Gasteiger partial charge is 0.321 e. The van der Waals surface area contributed by atoms with Gasteiger partial charge in [0.25, 0.3) is 0 Å². The molecule has 0 spiro atoms. The van der Waals surface area contributed by atoms with E-state index in [4.69, 9.17) is 5.11 Å². The third-order valence-electron chi connectivity index (χ3n) is 3.63. The van der Waals surface area contributed by atoms with Gasteiger partial charge in [-0.1, -0.05) is 6.07 Å². The van der Waals surface area contributed by atoms with E-state index in [0.29, 0.717) is 25.8 Å². The van der Waals surface area contributed by atoms with E-state index in [1.54, 1.807) is 24.1 Å². The highest BCUT2D eigenvalue weighted by molar-refractivity contribution is 5.92. The molecule has 0 aromatic heterocycles. The normalized spacial score (nSPS) is 15.3. The Hall–Kier alpha value is -2.08. The fraction of sp³-hybridized carbons (Fsp3) is 0.467. The number of unbranched alkanes of at least 4 members (excludes halogenated alkanes) is 1. The van der Waals surface area contributed by atoms with Crippen LogP contribution in [-0.2, 0) is 11.3 Å². The molecule has 2 rings (SSSR count). The quantitative estimate of drug-likeness (QED) is 0.702. The number of carbonyl (C=O) groups excluding carboxylic acids is 1. The second-order valence-corrected chi connectivity index (χ2v) is 5.36. The van der Waals surface area contributed by atoms with Gasteiger partial charge in [-0.05, 0) is 42.5 Å². The van der Waals surface area contributed by atoms with E-state index in [9.17, 15) is 14.7 Å². The summed E-state index contributed by atoms with van der Waals surface area (Å²) in [7, 11) is 1.72. The van der Waals surface area contributed by atoms with E-state index in [1.807, 2.05) is 6.07 Å². The first-order valence-corrected chi connectivity index (χ1v) is 7.02. The van der Waals surface area contributed by atoms with Crippen LogP contribution in [0.25, 0.3) is 0 Å². The SMILES string of the molecule is CN1Cc2cc(C(O)CCCCC(=O)O)ccc2NC1=O. The molecule has 1 aromatic rings. The van der Waals surface area contributed by atoms with E-state index >= 15 is 0 Å². The van der Waals surface area contributed by atoms with Crippen molar-refractivity contribution < 1.29 is 19.8 Å². The molecule has 0 radical (unpaired) electrons. The number of nitrogens with zero attached hydrogens (tertiary/aromatic N) is 1. The van der Waals surface area contributed by atoms with E-state index in [0.717, 1.165) is 16.8 Å². The molecular weight excluding hydrogens is 272 g/mol. The van der Waals surface area contributed by atoms with Gasteiger partial charge in [0, 0.05) is 25.7 Å². The number of carboxylic acids is 1. The van der Waals surface area contributed by atoms with Crippen LogP contribution in [0.1, 0.15) is 42.9 Å². The maximum atomic E-state index is 11.5. The topological polar surface area (TPSA) is 89.9 Å². The molecule has 6 nitrogen and oxygen atoms in total. The van der Waals surface area contributed by atoms with Crippen LogP contribution in [0, 0.1) is 0 Å². The maximum absolute atomic E-state index is 11.5. The summed E-state index contributed by atoms with van der Waals surface area (Å²) in [6.45, 7) is 0.515. The van der Waals surface area contributed by atoms with Crippen molar-refractivity contribution in [3.8, 4) is 0 Å². The number of nitrogens with one attached hydrogen (secondary N) is 1. The third kappa shape index (κ3) is 3.95. The van der Waals surface area contributed by atoms with Gasteiger partial charge in [0.1, 0.15) is 0 Å². The molecule has 1 unspecified atom stereocenters. The molecule has 0 saturated carbocycles. The second kappa shape index (κ2) is 6.58. The molecule has 0 bridgehead atoms. The zero-order valence-corrected chi connectivity index (χ0v) is 12.0. The van der Waals surface area contributed by atoms with Crippen LogP contribution in [0.5, 0.6) is 0 Å². The maximum Gasteiger partial charge on any atom is 0.321 e. The number of amides is 2. The molecule has 1 aliphatic heterocycles. The summed E-state index contributed by atoms with van der Waals surface area (Å²) < 4.78 is 0. The molecular formula is C15H20N2O4. The molecule has 0 saturated heterocycles. The zero-order valence-electron chi connectivity index (χ0n) is 12.0. The molecule has 6 heteroatoms. The Kier molecular flexibility index (Phi) is 4.80. The predicted octanol–water partition coefficient (Wildman–Crippen LogP) is 2.34. The summed E-state index contributed by atoms with van der Waals surface area (Å²) in [6, 6.07) is 5.36. The summed E-state index contributed by atoms with van der Waals surface area (Å²) in [5.74, 6) is -0.808. The lowest BCUT2D eigenvalue weighted by atomic mass is 9.99. The lowest BCUT2D eigenvalue weighted by Gasteiger charge is -2.26. The molecule has 1 heterocycles. The van der Waals surface area contributed by atoms with Gasteiger partial charge >= 0.3 is 12.0 Å². The first-order chi connectivity index (χ1) is 9.97. The molecule has 3 N–H and O–H groups in total. The number of rotatable bonds is 6. The Labute approximate surface area is 123 Å². The highest BCUT2D eigenvalue weighted by atomic mass is 16.4. The van der Waals surface area contributed by atoms with Gasteiger partial charge in [-0.25, -0.2) is 4.79 Å². The van der Waals surface area contributed by atoms with E-state index in [-0.39, 0.29) is 12.5 Å². The van der Waals surface area contributed by atoms with Crippen molar-refractivity contribution in [3.63, 3.8) is 0 Å². The van der Waals surface area contributed by atoms with Gasteiger partial charge < -0.3 is 20.4 Å². The van der Waals surface area contributed by atoms with Gasteiger partial charge in [0.2, 0.25) is 0 Å². The summed E-state index contributed by atoms with van der Waals surface area (Å²) >= 11 is 0. The van der Waals surface area contributed by atoms with Crippen molar-refractivity contribution >= 4 is 17.7 Å². The molecule has 0 aliphatic carbocycles. The van der Waals surface area contributed by atoms with Gasteiger partial charge in [-0.3, -0.25) is 4.79 Å². The van der Waals surface area contributed by atoms with Gasteiger partial charge in [0.15, 0.2) is 0 Å². The standard InChI is InChI=1S/C15H20N2O4/c1-17-9-11-8-10(6-7-12(11)16-15(17)21)13(18)4-2-3-5-14(19)20/h6-8,13,18H,2-5,9H2,1H3,(H,16,21)(H,19,20). The molecule has 21 heavy (non-hydrogen) atoms. The molecule has 114 valence electrons. The summed E-state index contributed by atoms with van der Waals surface area (Å²) in [6.07, 6.45) is 1.30. The molecule has 1 atom stereocenters. The Bertz CT molecular complexity index is 544. The number of aliphatic hydroxyl groups is 1. The number of hydrogen-bond acceptors (Lipinski definition) is 3. The van der Waals surface area contributed by atoms with E-state index in [1.165, 1.54) is 0 Å². The summed E-state index contributed by atoms with van der Waals surface area (Å²) in [5.41, 5.74) is 2.55. The number of hydrogen-bond donors (Lipinski definition) is 3. The number of aliphatic carboxylic acids is 1. The van der Waals surface area contributed by atoms with Crippen LogP contribution >= 0.6 is 0 Å². The van der Waals surface area contributed by atoms with Crippen molar-refractivity contribution in [2.75, 3.05) is 12.4 Å². The van der Waals surface area contributed by atoms with Gasteiger partial charge in [0.05, 0.1) is 6.10 Å². The molecule has 1 aromatic carbocycles. The minimum absolute atomic E-state index is 0.133. The number of carboxylic acid groups (broad SMARTS) is 1. The lowest BCUT2D eigenvalue weighted by molar-refractivity contribution is -0.137. The fourth-order valence-electron chi connectivity index (χ4n) is 2.39. The Balaban J connectivity index is 1.96. The van der Waals surface area contributed by atoms with Crippen LogP contribution in [0.2, 0.25) is 0 Å². The highest BCUT2D eigenvalue weighted by Crippen LogP contribution is 2.28. The van der Waals surface area contributed by atoms with Gasteiger partial charge in [-0.2, -0.15) is 0 Å². The Morgan fingerprint density at radius 3 is 2.90 bits per heavy atom. The van der Waals surface area contributed by atoms with E-state index in [2.05, 4.69) is 5.32 Å². The van der Waals surface area contributed by atoms with Crippen molar-refractivity contribution in [3.05, 3.63) is 29.3 Å². The monoisotopic (exact) mass is 292 g/mol. The van der Waals surface area contributed by atoms with Crippen molar-refractivity contribution in [2.24, 2.45) is 0 Å². The molecule has 1 aliphatic rings. The number of fused-ring (bicyclic) bond motifs is 1. The minimum Gasteiger partial charge on any atom is -0.481 e. The van der Waals surface area contributed by atoms with Crippen LogP contribution in [0.3, 0.4) is 0 Å². The van der Waals surface area contributed by atoms with Crippen LogP contribution in [-0.4, -0.2) is 34.2 Å². The number of anilines is 1. The zero-order chi connectivity index (χ0) is 15.4. The molecule has 2 amide bonds. The Morgan fingerprint density at radius 1 is 1.43 bits per heavy atom. The lowest BCUT2D eigenvalue weighted by Crippen LogP contribution is -2.35. The average molecular weight is 292 g/mol. The summed E-state index contributed by atoms with van der Waals surface area (Å²) in [4.78, 5) is 23.5. The highest BCUT2D eigenvalue weighted by Gasteiger charge is 2.20. The molecule has 0 fully saturated rings. The van der Waals surface area contributed by atoms with Crippen molar-refractivity contribution in [1.29, 1.82) is 0 Å². The number of urea groups is 1. The first-order valence-electron chi connectivity index (χ1n) is 7.02. The first kappa shape index (κ1) is 15.3. The van der Waals surface area contributed by atoms with Crippen molar-refractivity contribution in [2.45, 2.75) is 38.3 Å². The van der Waals surface area contributed by atoms with Crippen LogP contribution in [0.4, 0.5) is 10.5 Å². The van der Waals surface area contributed by atoms with E-state index < -0.39 is 12.1 Å². The third-order valence-corrected chi connectivity index (χ3v) is 3.63.